The van der Waals surface area contributed by atoms with Crippen molar-refractivity contribution in [3.05, 3.63) is 78.4 Å². The van der Waals surface area contributed by atoms with E-state index < -0.39 is 0 Å². The van der Waals surface area contributed by atoms with Crippen LogP contribution in [0.1, 0.15) is 12.5 Å². The van der Waals surface area contributed by atoms with E-state index in [-0.39, 0.29) is 5.91 Å². The Morgan fingerprint density at radius 3 is 2.36 bits per heavy atom. The van der Waals surface area contributed by atoms with Crippen molar-refractivity contribution in [1.29, 1.82) is 0 Å². The summed E-state index contributed by atoms with van der Waals surface area (Å²) in [6.07, 6.45) is 8.54. The third-order valence-corrected chi connectivity index (χ3v) is 3.39. The Labute approximate surface area is 145 Å². The highest BCUT2D eigenvalue weighted by Gasteiger charge is 2.05. The highest BCUT2D eigenvalue weighted by Crippen LogP contribution is 2.17. The molecule has 2 aromatic heterocycles. The third kappa shape index (κ3) is 4.71. The summed E-state index contributed by atoms with van der Waals surface area (Å²) in [5.41, 5.74) is 3.04. The highest BCUT2D eigenvalue weighted by atomic mass is 16.1. The van der Waals surface area contributed by atoms with E-state index >= 15 is 0 Å². The normalized spacial score (nSPS) is 11.0. The number of aromatic nitrogens is 3. The van der Waals surface area contributed by atoms with E-state index in [0.29, 0.717) is 17.2 Å². The number of benzene rings is 1. The second-order valence-electron chi connectivity index (χ2n) is 5.34. The third-order valence-electron chi connectivity index (χ3n) is 3.39. The summed E-state index contributed by atoms with van der Waals surface area (Å²) < 4.78 is 0. The van der Waals surface area contributed by atoms with Crippen molar-refractivity contribution in [2.75, 3.05) is 10.6 Å². The molecule has 6 nitrogen and oxygen atoms in total. The van der Waals surface area contributed by atoms with Gasteiger partial charge in [0.05, 0.1) is 0 Å². The van der Waals surface area contributed by atoms with Gasteiger partial charge >= 0.3 is 0 Å². The zero-order valence-electron chi connectivity index (χ0n) is 13.7. The van der Waals surface area contributed by atoms with Gasteiger partial charge in [-0.15, -0.1) is 0 Å². The van der Waals surface area contributed by atoms with Gasteiger partial charge in [-0.1, -0.05) is 6.07 Å². The van der Waals surface area contributed by atoms with Crippen LogP contribution in [0, 0.1) is 0 Å². The number of amides is 1. The Hall–Kier alpha value is -3.54. The molecule has 0 aliphatic rings. The van der Waals surface area contributed by atoms with Crippen molar-refractivity contribution in [2.45, 2.75) is 6.92 Å². The monoisotopic (exact) mass is 331 g/mol. The van der Waals surface area contributed by atoms with Gasteiger partial charge in [-0.05, 0) is 55.0 Å². The first-order chi connectivity index (χ1) is 12.2. The average Bonchev–Trinajstić information content (AvgIpc) is 2.65. The fraction of sp³-hybridized carbons (Fsp3) is 0.0526. The van der Waals surface area contributed by atoms with Crippen molar-refractivity contribution in [3.63, 3.8) is 0 Å². The fourth-order valence-electron chi connectivity index (χ4n) is 2.14. The van der Waals surface area contributed by atoms with Gasteiger partial charge in [0, 0.05) is 41.7 Å². The number of nitrogens with one attached hydrogen (secondary N) is 2. The molecule has 1 amide bonds. The molecule has 0 saturated heterocycles. The zero-order chi connectivity index (χ0) is 17.5. The Balaban J connectivity index is 1.63. The Morgan fingerprint density at radius 2 is 1.68 bits per heavy atom. The molecule has 3 rings (SSSR count). The van der Waals surface area contributed by atoms with Crippen LogP contribution in [0.2, 0.25) is 0 Å². The van der Waals surface area contributed by atoms with Gasteiger partial charge < -0.3 is 10.6 Å². The molecule has 3 aromatic rings. The predicted octanol–water partition coefficient (Wildman–Crippen LogP) is 3.66. The molecule has 0 fully saturated rings. The smallest absolute Gasteiger partial charge is 0.251 e. The molecule has 0 radical (unpaired) electrons. The van der Waals surface area contributed by atoms with Crippen molar-refractivity contribution >= 4 is 29.3 Å². The molecule has 1 aromatic carbocycles. The summed E-state index contributed by atoms with van der Waals surface area (Å²) in [4.78, 5) is 24.5. The largest absolute Gasteiger partial charge is 0.324 e. The van der Waals surface area contributed by atoms with Crippen molar-refractivity contribution < 1.29 is 4.79 Å². The number of anilines is 3. The summed E-state index contributed by atoms with van der Waals surface area (Å²) in [6, 6.07) is 12.8. The van der Waals surface area contributed by atoms with Gasteiger partial charge in [-0.3, -0.25) is 9.78 Å². The van der Waals surface area contributed by atoms with E-state index in [0.717, 1.165) is 11.3 Å². The molecule has 0 spiro atoms. The molecule has 124 valence electrons. The van der Waals surface area contributed by atoms with Crippen LogP contribution < -0.4 is 10.6 Å². The molecule has 0 aliphatic heterocycles. The van der Waals surface area contributed by atoms with Crippen LogP contribution in [-0.2, 0) is 4.79 Å². The number of rotatable bonds is 5. The number of hydrogen-bond donors (Lipinski definition) is 2. The average molecular weight is 331 g/mol. The Kier molecular flexibility index (Phi) is 5.11. The molecule has 6 heteroatoms. The van der Waals surface area contributed by atoms with Crippen LogP contribution in [0.3, 0.4) is 0 Å². The number of nitrogens with zero attached hydrogens (tertiary/aromatic N) is 3. The lowest BCUT2D eigenvalue weighted by atomic mass is 10.1. The van der Waals surface area contributed by atoms with Gasteiger partial charge in [0.15, 0.2) is 0 Å². The maximum atomic E-state index is 12.3. The first-order valence-electron chi connectivity index (χ1n) is 7.74. The van der Waals surface area contributed by atoms with Crippen molar-refractivity contribution in [1.82, 2.24) is 15.0 Å². The lowest BCUT2D eigenvalue weighted by Crippen LogP contribution is -2.12. The number of carbonyl (C=O) groups is 1. The van der Waals surface area contributed by atoms with Gasteiger partial charge in [-0.25, -0.2) is 9.97 Å². The lowest BCUT2D eigenvalue weighted by molar-refractivity contribution is -0.112. The quantitative estimate of drug-likeness (QED) is 0.698. The van der Waals surface area contributed by atoms with E-state index in [1.54, 1.807) is 43.9 Å². The summed E-state index contributed by atoms with van der Waals surface area (Å²) in [5, 5.41) is 5.95. The minimum absolute atomic E-state index is 0.157. The standard InChI is InChI=1S/C19H17N5O/c1-14(12-15-4-2-9-20-13-15)18(25)23-16-5-7-17(8-6-16)24-19-21-10-3-11-22-19/h2-13H,1H3,(H,23,25)(H,21,22,24). The van der Waals surface area contributed by atoms with E-state index in [1.165, 1.54) is 0 Å². The minimum Gasteiger partial charge on any atom is -0.324 e. The zero-order valence-corrected chi connectivity index (χ0v) is 13.7. The van der Waals surface area contributed by atoms with E-state index in [4.69, 9.17) is 0 Å². The van der Waals surface area contributed by atoms with Crippen LogP contribution in [-0.4, -0.2) is 20.9 Å². The Morgan fingerprint density at radius 1 is 0.960 bits per heavy atom. The number of pyridine rings is 1. The van der Waals surface area contributed by atoms with Gasteiger partial charge in [0.25, 0.3) is 5.91 Å². The lowest BCUT2D eigenvalue weighted by Gasteiger charge is -2.08. The Bertz CT molecular complexity index is 861. The van der Waals surface area contributed by atoms with Crippen LogP contribution >= 0.6 is 0 Å². The first kappa shape index (κ1) is 16.3. The van der Waals surface area contributed by atoms with Crippen LogP contribution in [0.15, 0.2) is 72.8 Å². The van der Waals surface area contributed by atoms with Gasteiger partial charge in [-0.2, -0.15) is 0 Å². The maximum absolute atomic E-state index is 12.3. The number of hydrogen-bond acceptors (Lipinski definition) is 5. The van der Waals surface area contributed by atoms with E-state index in [9.17, 15) is 4.79 Å². The maximum Gasteiger partial charge on any atom is 0.251 e. The molecule has 2 N–H and O–H groups in total. The molecule has 0 unspecified atom stereocenters. The molecule has 0 saturated carbocycles. The fourth-order valence-corrected chi connectivity index (χ4v) is 2.14. The van der Waals surface area contributed by atoms with Crippen molar-refractivity contribution in [3.8, 4) is 0 Å². The summed E-state index contributed by atoms with van der Waals surface area (Å²) in [7, 11) is 0. The molecule has 0 aliphatic carbocycles. The second kappa shape index (κ2) is 7.83. The number of carbonyl (C=O) groups excluding carboxylic acids is 1. The molecule has 25 heavy (non-hydrogen) atoms. The molecule has 0 atom stereocenters. The van der Waals surface area contributed by atoms with E-state index in [2.05, 4.69) is 25.6 Å². The van der Waals surface area contributed by atoms with Gasteiger partial charge in [0.2, 0.25) is 5.95 Å². The van der Waals surface area contributed by atoms with Gasteiger partial charge in [0.1, 0.15) is 0 Å². The molecular formula is C19H17N5O. The van der Waals surface area contributed by atoms with Crippen LogP contribution in [0.4, 0.5) is 17.3 Å². The molecular weight excluding hydrogens is 314 g/mol. The van der Waals surface area contributed by atoms with E-state index in [1.807, 2.05) is 36.4 Å². The topological polar surface area (TPSA) is 79.8 Å². The molecule has 0 bridgehead atoms. The SMILES string of the molecule is CC(=Cc1cccnc1)C(=O)Nc1ccc(Nc2ncccn2)cc1. The summed E-state index contributed by atoms with van der Waals surface area (Å²) >= 11 is 0. The highest BCUT2D eigenvalue weighted by molar-refractivity contribution is 6.06. The van der Waals surface area contributed by atoms with Crippen LogP contribution in [0.5, 0.6) is 0 Å². The minimum atomic E-state index is -0.157. The summed E-state index contributed by atoms with van der Waals surface area (Å²) in [5.74, 6) is 0.366. The first-order valence-corrected chi connectivity index (χ1v) is 7.74. The predicted molar refractivity (Wildman–Crippen MR) is 98.3 cm³/mol. The molecule has 2 heterocycles. The van der Waals surface area contributed by atoms with Crippen molar-refractivity contribution in [2.24, 2.45) is 0 Å². The summed E-state index contributed by atoms with van der Waals surface area (Å²) in [6.45, 7) is 1.77. The van der Waals surface area contributed by atoms with Crippen LogP contribution in [0.25, 0.3) is 6.08 Å². The second-order valence-corrected chi connectivity index (χ2v) is 5.34.